The van der Waals surface area contributed by atoms with Crippen LogP contribution in [0.3, 0.4) is 0 Å². The normalized spacial score (nSPS) is 15.6. The minimum atomic E-state index is -0.890. The molecule has 0 fully saturated rings. The molecule has 0 spiro atoms. The zero-order chi connectivity index (χ0) is 19.6. The Morgan fingerprint density at radius 3 is 2.04 bits per heavy atom. The third-order valence-corrected chi connectivity index (χ3v) is 4.87. The maximum Gasteiger partial charge on any atom is 0.344 e. The molecule has 8 nitrogen and oxygen atoms in total. The molecule has 2 aromatic carbocycles. The standard InChI is InChI=1S/C20H12O8/c21-8-1-3-10-13(5-8)27-19(24)15(17(10)23)12-7-26-18-11-4-2-9(22)6-14(11)28-20(25)16(12)18/h1-6,12,21-23H,7H2. The molecule has 28 heavy (non-hydrogen) atoms. The summed E-state index contributed by atoms with van der Waals surface area (Å²) in [7, 11) is 0. The molecule has 4 aromatic rings. The molecule has 1 aliphatic heterocycles. The minimum absolute atomic E-state index is 0.0198. The topological polar surface area (TPSA) is 130 Å². The Morgan fingerprint density at radius 1 is 0.786 bits per heavy atom. The Hall–Kier alpha value is -3.94. The van der Waals surface area contributed by atoms with Gasteiger partial charge in [-0.15, -0.1) is 0 Å². The average molecular weight is 380 g/mol. The van der Waals surface area contributed by atoms with Gasteiger partial charge in [0.1, 0.15) is 34.2 Å². The second-order valence-electron chi connectivity index (χ2n) is 6.51. The zero-order valence-corrected chi connectivity index (χ0v) is 14.1. The number of aromatic hydroxyl groups is 3. The van der Waals surface area contributed by atoms with Crippen LogP contribution in [0.15, 0.2) is 54.8 Å². The van der Waals surface area contributed by atoms with Gasteiger partial charge in [-0.2, -0.15) is 0 Å². The van der Waals surface area contributed by atoms with Crippen molar-refractivity contribution in [3.05, 3.63) is 68.4 Å². The first kappa shape index (κ1) is 16.2. The van der Waals surface area contributed by atoms with E-state index in [2.05, 4.69) is 0 Å². The Labute approximate surface area is 155 Å². The zero-order valence-electron chi connectivity index (χ0n) is 14.1. The highest BCUT2D eigenvalue weighted by atomic mass is 16.5. The predicted octanol–water partition coefficient (Wildman–Crippen LogP) is 2.54. The van der Waals surface area contributed by atoms with E-state index in [1.165, 1.54) is 30.3 Å². The van der Waals surface area contributed by atoms with Gasteiger partial charge in [0.25, 0.3) is 0 Å². The molecular formula is C20H12O8. The fourth-order valence-electron chi connectivity index (χ4n) is 3.60. The van der Waals surface area contributed by atoms with Gasteiger partial charge in [-0.25, -0.2) is 9.59 Å². The van der Waals surface area contributed by atoms with E-state index in [4.69, 9.17) is 13.6 Å². The molecule has 3 heterocycles. The van der Waals surface area contributed by atoms with Crippen LogP contribution in [0, 0.1) is 0 Å². The van der Waals surface area contributed by atoms with Crippen LogP contribution in [0.5, 0.6) is 23.0 Å². The molecule has 1 unspecified atom stereocenters. The van der Waals surface area contributed by atoms with Gasteiger partial charge >= 0.3 is 11.3 Å². The van der Waals surface area contributed by atoms with Crippen molar-refractivity contribution in [1.82, 2.24) is 0 Å². The Kier molecular flexibility index (Phi) is 3.21. The summed E-state index contributed by atoms with van der Waals surface area (Å²) in [6, 6.07) is 8.23. The molecule has 140 valence electrons. The smallest absolute Gasteiger partial charge is 0.344 e. The van der Waals surface area contributed by atoms with Gasteiger partial charge in [-0.1, -0.05) is 0 Å². The SMILES string of the molecule is O=c1oc2cc(O)ccc2c(O)c1C1COc2c1c(=O)oc1cc(O)ccc21. The van der Waals surface area contributed by atoms with E-state index >= 15 is 0 Å². The van der Waals surface area contributed by atoms with E-state index in [0.29, 0.717) is 5.39 Å². The van der Waals surface area contributed by atoms with Crippen molar-refractivity contribution in [3.63, 3.8) is 0 Å². The fraction of sp³-hybridized carbons (Fsp3) is 0.100. The van der Waals surface area contributed by atoms with Crippen molar-refractivity contribution in [2.24, 2.45) is 0 Å². The molecule has 3 N–H and O–H groups in total. The highest BCUT2D eigenvalue weighted by molar-refractivity contribution is 5.88. The van der Waals surface area contributed by atoms with E-state index in [9.17, 15) is 24.9 Å². The molecule has 8 heteroatoms. The molecule has 1 atom stereocenters. The molecule has 2 aromatic heterocycles. The maximum atomic E-state index is 12.6. The van der Waals surface area contributed by atoms with Crippen molar-refractivity contribution in [2.75, 3.05) is 6.61 Å². The van der Waals surface area contributed by atoms with Gasteiger partial charge in [-0.05, 0) is 24.3 Å². The number of hydrogen-bond donors (Lipinski definition) is 3. The number of ether oxygens (including phenoxy) is 1. The Morgan fingerprint density at radius 2 is 1.36 bits per heavy atom. The number of fused-ring (bicyclic) bond motifs is 4. The summed E-state index contributed by atoms with van der Waals surface area (Å²) in [6.45, 7) is -0.0675. The van der Waals surface area contributed by atoms with Crippen LogP contribution in [0.4, 0.5) is 0 Å². The van der Waals surface area contributed by atoms with Crippen molar-refractivity contribution in [2.45, 2.75) is 5.92 Å². The molecule has 0 saturated heterocycles. The van der Waals surface area contributed by atoms with Gasteiger partial charge in [0.05, 0.1) is 34.4 Å². The van der Waals surface area contributed by atoms with Crippen LogP contribution in [0.1, 0.15) is 17.0 Å². The van der Waals surface area contributed by atoms with E-state index in [0.717, 1.165) is 0 Å². The van der Waals surface area contributed by atoms with E-state index in [1.54, 1.807) is 6.07 Å². The Balaban J connectivity index is 1.78. The van der Waals surface area contributed by atoms with E-state index in [-0.39, 0.29) is 57.3 Å². The van der Waals surface area contributed by atoms with Crippen molar-refractivity contribution >= 4 is 21.9 Å². The lowest BCUT2D eigenvalue weighted by Gasteiger charge is -2.11. The lowest BCUT2D eigenvalue weighted by Crippen LogP contribution is -2.19. The van der Waals surface area contributed by atoms with Crippen LogP contribution in [-0.4, -0.2) is 21.9 Å². The van der Waals surface area contributed by atoms with Crippen LogP contribution in [0.2, 0.25) is 0 Å². The van der Waals surface area contributed by atoms with Crippen molar-refractivity contribution in [1.29, 1.82) is 0 Å². The molecule has 0 bridgehead atoms. The number of phenolic OH excluding ortho intramolecular Hbond substituents is 2. The van der Waals surface area contributed by atoms with E-state index in [1.807, 2.05) is 0 Å². The van der Waals surface area contributed by atoms with Crippen LogP contribution >= 0.6 is 0 Å². The summed E-state index contributed by atoms with van der Waals surface area (Å²) in [5.41, 5.74) is -1.44. The lowest BCUT2D eigenvalue weighted by molar-refractivity contribution is 0.339. The monoisotopic (exact) mass is 380 g/mol. The van der Waals surface area contributed by atoms with E-state index < -0.39 is 17.2 Å². The molecule has 1 aliphatic rings. The van der Waals surface area contributed by atoms with Crippen LogP contribution in [0.25, 0.3) is 21.9 Å². The number of rotatable bonds is 1. The van der Waals surface area contributed by atoms with Gasteiger partial charge in [0, 0.05) is 12.1 Å². The summed E-state index contributed by atoms with van der Waals surface area (Å²) in [4.78, 5) is 25.1. The van der Waals surface area contributed by atoms with Crippen LogP contribution in [-0.2, 0) is 0 Å². The molecular weight excluding hydrogens is 368 g/mol. The third-order valence-electron chi connectivity index (χ3n) is 4.87. The third kappa shape index (κ3) is 2.18. The Bertz CT molecular complexity index is 1400. The molecule has 0 amide bonds. The molecule has 0 radical (unpaired) electrons. The number of benzene rings is 2. The first-order valence-corrected chi connectivity index (χ1v) is 8.35. The van der Waals surface area contributed by atoms with Gasteiger partial charge in [0.2, 0.25) is 0 Å². The maximum absolute atomic E-state index is 12.6. The number of phenols is 2. The first-order chi connectivity index (χ1) is 13.4. The largest absolute Gasteiger partial charge is 0.508 e. The van der Waals surface area contributed by atoms with Crippen molar-refractivity contribution < 1.29 is 28.9 Å². The highest BCUT2D eigenvalue weighted by Gasteiger charge is 2.36. The molecule has 0 aliphatic carbocycles. The van der Waals surface area contributed by atoms with Gasteiger partial charge < -0.3 is 28.9 Å². The summed E-state index contributed by atoms with van der Waals surface area (Å²) < 4.78 is 16.2. The van der Waals surface area contributed by atoms with Crippen molar-refractivity contribution in [3.8, 4) is 23.0 Å². The second-order valence-corrected chi connectivity index (χ2v) is 6.51. The molecule has 5 rings (SSSR count). The first-order valence-electron chi connectivity index (χ1n) is 8.35. The van der Waals surface area contributed by atoms with Gasteiger partial charge in [0.15, 0.2) is 0 Å². The fourth-order valence-corrected chi connectivity index (χ4v) is 3.60. The highest BCUT2D eigenvalue weighted by Crippen LogP contribution is 2.43. The summed E-state index contributed by atoms with van der Waals surface area (Å²) >= 11 is 0. The number of hydrogen-bond acceptors (Lipinski definition) is 8. The molecule has 0 saturated carbocycles. The average Bonchev–Trinajstić information content (AvgIpc) is 3.06. The quantitative estimate of drug-likeness (QED) is 0.430. The van der Waals surface area contributed by atoms with Crippen LogP contribution < -0.4 is 16.0 Å². The summed E-state index contributed by atoms with van der Waals surface area (Å²) in [6.07, 6.45) is 0. The predicted molar refractivity (Wildman–Crippen MR) is 97.3 cm³/mol. The minimum Gasteiger partial charge on any atom is -0.508 e. The second kappa shape index (κ2) is 5.53. The summed E-state index contributed by atoms with van der Waals surface area (Å²) in [5.74, 6) is -1.19. The lowest BCUT2D eigenvalue weighted by atomic mass is 9.93. The van der Waals surface area contributed by atoms with Gasteiger partial charge in [-0.3, -0.25) is 0 Å². The summed E-state index contributed by atoms with van der Waals surface area (Å²) in [5, 5.41) is 30.5.